The lowest BCUT2D eigenvalue weighted by Crippen LogP contribution is -2.44. The van der Waals surface area contributed by atoms with Crippen LogP contribution < -0.4 is 10.7 Å². The Bertz CT molecular complexity index is 331. The minimum atomic E-state index is -0.559. The molecule has 1 heterocycles. The van der Waals surface area contributed by atoms with E-state index in [4.69, 9.17) is 0 Å². The first-order chi connectivity index (χ1) is 8.27. The number of hydrazone groups is 1. The van der Waals surface area contributed by atoms with Crippen molar-refractivity contribution in [2.45, 2.75) is 44.9 Å². The van der Waals surface area contributed by atoms with Crippen LogP contribution >= 0.6 is 0 Å². The predicted octanol–water partition coefficient (Wildman–Crippen LogP) is 0.949. The maximum Gasteiger partial charge on any atom is 0.252 e. The van der Waals surface area contributed by atoms with Crippen LogP contribution in [0.1, 0.15) is 44.9 Å². The highest BCUT2D eigenvalue weighted by Crippen LogP contribution is 2.15. The van der Waals surface area contributed by atoms with Crippen molar-refractivity contribution in [2.75, 3.05) is 6.54 Å². The first-order valence-corrected chi connectivity index (χ1v) is 6.40. The second-order valence-corrected chi connectivity index (χ2v) is 4.70. The van der Waals surface area contributed by atoms with Crippen LogP contribution in [0.25, 0.3) is 0 Å². The number of rotatable bonds is 2. The molecule has 94 valence electrons. The summed E-state index contributed by atoms with van der Waals surface area (Å²) in [7, 11) is 0. The summed E-state index contributed by atoms with van der Waals surface area (Å²) >= 11 is 0. The summed E-state index contributed by atoms with van der Waals surface area (Å²) in [6, 6.07) is 0. The zero-order valence-corrected chi connectivity index (χ0v) is 10.00. The minimum Gasteiger partial charge on any atom is -0.355 e. The van der Waals surface area contributed by atoms with E-state index in [0.29, 0.717) is 13.0 Å². The zero-order chi connectivity index (χ0) is 12.1. The largest absolute Gasteiger partial charge is 0.355 e. The quantitative estimate of drug-likeness (QED) is 0.554. The molecule has 17 heavy (non-hydrogen) atoms. The van der Waals surface area contributed by atoms with E-state index in [1.807, 2.05) is 0 Å². The Balaban J connectivity index is 1.85. The smallest absolute Gasteiger partial charge is 0.252 e. The van der Waals surface area contributed by atoms with Gasteiger partial charge in [-0.25, -0.2) is 5.43 Å². The molecule has 1 saturated heterocycles. The summed E-state index contributed by atoms with van der Waals surface area (Å²) in [6.07, 6.45) is 6.98. The fourth-order valence-electron chi connectivity index (χ4n) is 2.31. The van der Waals surface area contributed by atoms with E-state index in [-0.39, 0.29) is 11.8 Å². The molecule has 0 spiro atoms. The molecule has 0 aromatic heterocycles. The number of carbonyl (C=O) groups is 2. The number of hydrogen-bond acceptors (Lipinski definition) is 3. The first kappa shape index (κ1) is 12.1. The highest BCUT2D eigenvalue weighted by molar-refractivity contribution is 6.01. The van der Waals surface area contributed by atoms with E-state index in [1.165, 1.54) is 6.42 Å². The summed E-state index contributed by atoms with van der Waals surface area (Å²) in [4.78, 5) is 23.2. The monoisotopic (exact) mass is 237 g/mol. The highest BCUT2D eigenvalue weighted by atomic mass is 16.2. The fraction of sp³-hybridized carbons (Fsp3) is 0.750. The summed E-state index contributed by atoms with van der Waals surface area (Å²) in [5.74, 6) is -0.991. The third kappa shape index (κ3) is 3.28. The van der Waals surface area contributed by atoms with Gasteiger partial charge in [0.05, 0.1) is 0 Å². The molecule has 1 saturated carbocycles. The average molecular weight is 237 g/mol. The lowest BCUT2D eigenvalue weighted by molar-refractivity contribution is -0.136. The molecule has 2 N–H and O–H groups in total. The second-order valence-electron chi connectivity index (χ2n) is 4.70. The lowest BCUT2D eigenvalue weighted by atomic mass is 9.98. The van der Waals surface area contributed by atoms with Crippen molar-refractivity contribution in [3.63, 3.8) is 0 Å². The van der Waals surface area contributed by atoms with Crippen LogP contribution in [-0.2, 0) is 9.59 Å². The average Bonchev–Trinajstić information content (AvgIpc) is 2.38. The van der Waals surface area contributed by atoms with Crippen LogP contribution in [0.2, 0.25) is 0 Å². The van der Waals surface area contributed by atoms with Gasteiger partial charge in [0, 0.05) is 12.3 Å². The Morgan fingerprint density at radius 1 is 1.24 bits per heavy atom. The maximum absolute atomic E-state index is 11.8. The molecular formula is C12H19N3O2. The topological polar surface area (TPSA) is 70.6 Å². The van der Waals surface area contributed by atoms with Gasteiger partial charge in [0.2, 0.25) is 5.91 Å². The van der Waals surface area contributed by atoms with Crippen molar-refractivity contribution in [1.29, 1.82) is 0 Å². The standard InChI is InChI=1S/C12H19N3O2/c16-11-10(7-4-8-13-11)12(17)15-14-9-5-2-1-3-6-9/h10H,1-8H2,(H,13,16)(H,15,17). The van der Waals surface area contributed by atoms with E-state index < -0.39 is 5.92 Å². The number of amides is 2. The molecule has 1 aliphatic carbocycles. The molecule has 0 aromatic rings. The molecule has 2 aliphatic rings. The van der Waals surface area contributed by atoms with Crippen LogP contribution in [0.15, 0.2) is 5.10 Å². The zero-order valence-electron chi connectivity index (χ0n) is 10.00. The molecule has 2 fully saturated rings. The number of nitrogens with zero attached hydrogens (tertiary/aromatic N) is 1. The third-order valence-corrected chi connectivity index (χ3v) is 3.36. The summed E-state index contributed by atoms with van der Waals surface area (Å²) < 4.78 is 0. The third-order valence-electron chi connectivity index (χ3n) is 3.36. The van der Waals surface area contributed by atoms with E-state index in [9.17, 15) is 9.59 Å². The van der Waals surface area contributed by atoms with Crippen LogP contribution in [0, 0.1) is 5.92 Å². The molecule has 1 unspecified atom stereocenters. The van der Waals surface area contributed by atoms with Crippen molar-refractivity contribution in [3.05, 3.63) is 0 Å². The summed E-state index contributed by atoms with van der Waals surface area (Å²) in [5, 5.41) is 6.83. The van der Waals surface area contributed by atoms with Crippen molar-refractivity contribution < 1.29 is 9.59 Å². The van der Waals surface area contributed by atoms with E-state index in [1.54, 1.807) is 0 Å². The van der Waals surface area contributed by atoms with Crippen LogP contribution in [0.3, 0.4) is 0 Å². The molecule has 2 rings (SSSR count). The van der Waals surface area contributed by atoms with Gasteiger partial charge in [-0.1, -0.05) is 6.42 Å². The molecule has 5 heteroatoms. The second kappa shape index (κ2) is 5.80. The number of nitrogens with one attached hydrogen (secondary N) is 2. The van der Waals surface area contributed by atoms with Crippen molar-refractivity contribution >= 4 is 17.5 Å². The van der Waals surface area contributed by atoms with Gasteiger partial charge in [0.15, 0.2) is 0 Å². The van der Waals surface area contributed by atoms with Crippen LogP contribution in [0.5, 0.6) is 0 Å². The Morgan fingerprint density at radius 3 is 2.71 bits per heavy atom. The highest BCUT2D eigenvalue weighted by Gasteiger charge is 2.28. The van der Waals surface area contributed by atoms with E-state index >= 15 is 0 Å². The number of carbonyl (C=O) groups excluding carboxylic acids is 2. The Labute approximate surface area is 101 Å². The number of piperidine rings is 1. The van der Waals surface area contributed by atoms with Crippen molar-refractivity contribution in [3.8, 4) is 0 Å². The molecular weight excluding hydrogens is 218 g/mol. The summed E-state index contributed by atoms with van der Waals surface area (Å²) in [6.45, 7) is 0.678. The van der Waals surface area contributed by atoms with Gasteiger partial charge in [-0.3, -0.25) is 9.59 Å². The van der Waals surface area contributed by atoms with Gasteiger partial charge >= 0.3 is 0 Å². The number of hydrogen-bond donors (Lipinski definition) is 2. The van der Waals surface area contributed by atoms with Gasteiger partial charge in [-0.05, 0) is 38.5 Å². The summed E-state index contributed by atoms with van der Waals surface area (Å²) in [5.41, 5.74) is 3.60. The molecule has 2 amide bonds. The van der Waals surface area contributed by atoms with Gasteiger partial charge in [-0.2, -0.15) is 5.10 Å². The van der Waals surface area contributed by atoms with Gasteiger partial charge in [-0.15, -0.1) is 0 Å². The maximum atomic E-state index is 11.8. The van der Waals surface area contributed by atoms with Crippen molar-refractivity contribution in [2.24, 2.45) is 11.0 Å². The van der Waals surface area contributed by atoms with E-state index in [2.05, 4.69) is 15.8 Å². The molecule has 0 bridgehead atoms. The van der Waals surface area contributed by atoms with Gasteiger partial charge < -0.3 is 5.32 Å². The van der Waals surface area contributed by atoms with Gasteiger partial charge in [0.25, 0.3) is 5.91 Å². The van der Waals surface area contributed by atoms with Crippen LogP contribution in [0.4, 0.5) is 0 Å². The Kier molecular flexibility index (Phi) is 4.12. The molecule has 0 aromatic carbocycles. The normalized spacial score (nSPS) is 25.1. The van der Waals surface area contributed by atoms with Crippen molar-refractivity contribution in [1.82, 2.24) is 10.7 Å². The molecule has 1 atom stereocenters. The first-order valence-electron chi connectivity index (χ1n) is 6.40. The molecule has 1 aliphatic heterocycles. The Hall–Kier alpha value is -1.39. The Morgan fingerprint density at radius 2 is 2.00 bits per heavy atom. The SMILES string of the molecule is O=C1NCCCC1C(=O)NN=C1CCCCC1. The minimum absolute atomic E-state index is 0.169. The fourth-order valence-corrected chi connectivity index (χ4v) is 2.31. The predicted molar refractivity (Wildman–Crippen MR) is 64.4 cm³/mol. The lowest BCUT2D eigenvalue weighted by Gasteiger charge is -2.20. The molecule has 5 nitrogen and oxygen atoms in total. The van der Waals surface area contributed by atoms with Gasteiger partial charge in [0.1, 0.15) is 5.92 Å². The van der Waals surface area contributed by atoms with E-state index in [0.717, 1.165) is 37.8 Å². The molecule has 0 radical (unpaired) electrons. The van der Waals surface area contributed by atoms with Crippen LogP contribution in [-0.4, -0.2) is 24.1 Å².